The fourth-order valence-corrected chi connectivity index (χ4v) is 11.5. The maximum atomic E-state index is 13.6. The summed E-state index contributed by atoms with van der Waals surface area (Å²) in [5.41, 5.74) is 5.60. The number of carboxylic acid groups (broad SMARTS) is 1. The molecule has 0 radical (unpaired) electrons. The number of nitrogens with two attached hydrogens (primary N) is 1. The predicted molar refractivity (Wildman–Crippen MR) is 203 cm³/mol. The van der Waals surface area contributed by atoms with Crippen molar-refractivity contribution in [3.05, 3.63) is 22.2 Å². The van der Waals surface area contributed by atoms with E-state index in [2.05, 4.69) is 36.4 Å². The summed E-state index contributed by atoms with van der Waals surface area (Å²) >= 11 is 0. The first-order valence-corrected chi connectivity index (χ1v) is 20.4. The van der Waals surface area contributed by atoms with Gasteiger partial charge in [0.2, 0.25) is 5.52 Å². The maximum Gasteiger partial charge on any atom is 0.329 e. The van der Waals surface area contributed by atoms with Crippen LogP contribution in [0.1, 0.15) is 97.8 Å². The molecule has 0 amide bonds. The third kappa shape index (κ3) is 8.96. The Bertz CT molecular complexity index is 1710. The molecular formula is C40H59N5O11. The molecule has 310 valence electrons. The van der Waals surface area contributed by atoms with Gasteiger partial charge in [-0.2, -0.15) is 0 Å². The molecule has 16 nitrogen and oxygen atoms in total. The zero-order valence-electron chi connectivity index (χ0n) is 33.0. The highest BCUT2D eigenvalue weighted by atomic mass is 16.6. The molecule has 1 unspecified atom stereocenters. The number of carbonyl (C=O) groups excluding carboxylic acids is 2. The van der Waals surface area contributed by atoms with E-state index in [1.165, 1.54) is 37.8 Å². The number of ether oxygens (including phenoxy) is 4. The molecule has 4 aliphatic carbocycles. The lowest BCUT2D eigenvalue weighted by molar-refractivity contribution is -0.383. The average molecular weight is 786 g/mol. The van der Waals surface area contributed by atoms with Crippen LogP contribution in [-0.2, 0) is 33.3 Å². The number of aromatic nitrogens is 2. The summed E-state index contributed by atoms with van der Waals surface area (Å²) in [5, 5.41) is 31.3. The first-order chi connectivity index (χ1) is 26.9. The van der Waals surface area contributed by atoms with Gasteiger partial charge in [0.15, 0.2) is 5.52 Å². The molecular weight excluding hydrogens is 726 g/mol. The van der Waals surface area contributed by atoms with Crippen molar-refractivity contribution >= 4 is 40.3 Å². The van der Waals surface area contributed by atoms with Crippen LogP contribution in [0.15, 0.2) is 16.8 Å². The lowest BCUT2D eigenvalue weighted by Gasteiger charge is -2.61. The van der Waals surface area contributed by atoms with Crippen molar-refractivity contribution in [3.8, 4) is 0 Å². The Morgan fingerprint density at radius 3 is 2.45 bits per heavy atom. The molecule has 56 heavy (non-hydrogen) atoms. The van der Waals surface area contributed by atoms with Crippen molar-refractivity contribution in [1.82, 2.24) is 10.3 Å². The molecule has 4 N–H and O–H groups in total. The number of fused-ring (bicyclic) bond motifs is 6. The monoisotopic (exact) mass is 785 g/mol. The average Bonchev–Trinajstić information content (AvgIpc) is 3.80. The van der Waals surface area contributed by atoms with Crippen LogP contribution in [0.25, 0.3) is 11.0 Å². The molecule has 2 aromatic rings. The molecule has 4 fully saturated rings. The summed E-state index contributed by atoms with van der Waals surface area (Å²) in [6.45, 7) is 9.80. The molecule has 1 aromatic heterocycles. The highest BCUT2D eigenvalue weighted by Gasteiger charge is 2.60. The van der Waals surface area contributed by atoms with Crippen molar-refractivity contribution < 1.29 is 48.0 Å². The highest BCUT2D eigenvalue weighted by molar-refractivity contribution is 5.95. The number of hydrogen-bond acceptors (Lipinski definition) is 14. The minimum absolute atomic E-state index is 0.0263. The zero-order valence-corrected chi connectivity index (χ0v) is 33.0. The SMILES string of the molecule is C[C@H](CCC(=O)OCCOCCOCCN)C1CC[C@H]2[C@@H]3CC[C@@H]4C[C@H](OC(=O)[C@H](CC(=O)O)Nc5ccc([N+](=O)[O-])c6nonc56)CC[C@]4(C)[C@H]3CC[C@]12C. The number of nitrogens with one attached hydrogen (secondary N) is 1. The summed E-state index contributed by atoms with van der Waals surface area (Å²) in [7, 11) is 0. The van der Waals surface area contributed by atoms with E-state index in [0.29, 0.717) is 81.3 Å². The van der Waals surface area contributed by atoms with Gasteiger partial charge in [-0.1, -0.05) is 20.8 Å². The van der Waals surface area contributed by atoms with Gasteiger partial charge in [0, 0.05) is 19.0 Å². The predicted octanol–water partition coefficient (Wildman–Crippen LogP) is 5.91. The van der Waals surface area contributed by atoms with Crippen LogP contribution in [0.2, 0.25) is 0 Å². The highest BCUT2D eigenvalue weighted by Crippen LogP contribution is 2.68. The molecule has 0 aliphatic heterocycles. The topological polar surface area (TPSA) is 228 Å². The second-order valence-corrected chi connectivity index (χ2v) is 17.1. The molecule has 1 heterocycles. The molecule has 1 aromatic carbocycles. The summed E-state index contributed by atoms with van der Waals surface area (Å²) in [6.07, 6.45) is 9.80. The number of hydrogen-bond donors (Lipinski definition) is 3. The van der Waals surface area contributed by atoms with Crippen LogP contribution in [0, 0.1) is 56.5 Å². The van der Waals surface area contributed by atoms with Gasteiger partial charge in [-0.25, -0.2) is 9.42 Å². The van der Waals surface area contributed by atoms with E-state index >= 15 is 0 Å². The van der Waals surface area contributed by atoms with Gasteiger partial charge >= 0.3 is 23.6 Å². The number of carbonyl (C=O) groups is 3. The van der Waals surface area contributed by atoms with Gasteiger partial charge in [-0.15, -0.1) is 0 Å². The van der Waals surface area contributed by atoms with Gasteiger partial charge < -0.3 is 35.1 Å². The Hall–Kier alpha value is -3.89. The standard InChI is InChI=1S/C40H59N5O11/c1-24(4-11-35(48)54-21-20-53-19-18-52-17-16-41)28-7-8-29-27-6-5-25-22-26(12-14-39(25,2)30(27)13-15-40(28,29)3)55-38(49)32(23-34(46)47)42-31-9-10-33(45(50)51)37-36(31)43-56-44-37/h9-10,24-30,32,42H,4-8,11-23,41H2,1-3H3,(H,46,47)/t24-,25-,26-,27+,28?,29+,30+,32+,39+,40-/m1/s1. The van der Waals surface area contributed by atoms with Crippen molar-refractivity contribution in [1.29, 1.82) is 0 Å². The van der Waals surface area contributed by atoms with E-state index in [1.807, 2.05) is 0 Å². The molecule has 4 aliphatic rings. The number of non-ortho nitro benzene ring substituents is 1. The second kappa shape index (κ2) is 18.1. The van der Waals surface area contributed by atoms with E-state index in [-0.39, 0.29) is 51.9 Å². The molecule has 10 atom stereocenters. The van der Waals surface area contributed by atoms with Crippen molar-refractivity contribution in [2.45, 2.75) is 110 Å². The van der Waals surface area contributed by atoms with Gasteiger partial charge in [0.25, 0.3) is 0 Å². The quantitative estimate of drug-likeness (QED) is 0.0651. The smallest absolute Gasteiger partial charge is 0.329 e. The Balaban J connectivity index is 1.00. The van der Waals surface area contributed by atoms with Crippen molar-refractivity contribution in [2.75, 3.05) is 44.9 Å². The van der Waals surface area contributed by atoms with Gasteiger partial charge in [-0.3, -0.25) is 19.7 Å². The van der Waals surface area contributed by atoms with Crippen LogP contribution >= 0.6 is 0 Å². The normalized spacial score (nSPS) is 30.7. The van der Waals surface area contributed by atoms with Crippen LogP contribution in [-0.4, -0.2) is 90.0 Å². The number of benzene rings is 1. The first-order valence-electron chi connectivity index (χ1n) is 20.4. The largest absolute Gasteiger partial charge is 0.481 e. The minimum atomic E-state index is -1.24. The number of esters is 2. The maximum absolute atomic E-state index is 13.6. The zero-order chi connectivity index (χ0) is 40.0. The number of rotatable bonds is 19. The Kier molecular flexibility index (Phi) is 13.5. The molecule has 16 heteroatoms. The van der Waals surface area contributed by atoms with E-state index in [0.717, 1.165) is 32.1 Å². The lowest BCUT2D eigenvalue weighted by atomic mass is 9.44. The van der Waals surface area contributed by atoms with E-state index in [1.54, 1.807) is 0 Å². The van der Waals surface area contributed by atoms with Crippen molar-refractivity contribution in [2.24, 2.45) is 52.1 Å². The number of nitrogens with zero attached hydrogens (tertiary/aromatic N) is 3. The number of aliphatic carboxylic acids is 1. The fourth-order valence-electron chi connectivity index (χ4n) is 11.5. The Morgan fingerprint density at radius 1 is 0.982 bits per heavy atom. The van der Waals surface area contributed by atoms with Gasteiger partial charge in [-0.05, 0) is 127 Å². The summed E-state index contributed by atoms with van der Waals surface area (Å²) < 4.78 is 27.0. The van der Waals surface area contributed by atoms with Crippen LogP contribution < -0.4 is 11.1 Å². The number of nitro benzene ring substituents is 1. The molecule has 0 bridgehead atoms. The van der Waals surface area contributed by atoms with Crippen molar-refractivity contribution in [3.63, 3.8) is 0 Å². The van der Waals surface area contributed by atoms with E-state index in [4.69, 9.17) is 29.3 Å². The minimum Gasteiger partial charge on any atom is -0.481 e. The van der Waals surface area contributed by atoms with E-state index in [9.17, 15) is 29.6 Å². The first kappa shape index (κ1) is 41.7. The third-order valence-electron chi connectivity index (χ3n) is 14.2. The fraction of sp³-hybridized carbons (Fsp3) is 0.775. The van der Waals surface area contributed by atoms with Crippen LogP contribution in [0.4, 0.5) is 11.4 Å². The Morgan fingerprint density at radius 2 is 1.70 bits per heavy atom. The number of carboxylic acids is 1. The molecule has 0 spiro atoms. The van der Waals surface area contributed by atoms with Gasteiger partial charge in [0.1, 0.15) is 18.8 Å². The summed E-state index contributed by atoms with van der Waals surface area (Å²) in [5.74, 6) is 1.29. The van der Waals surface area contributed by atoms with Gasteiger partial charge in [0.05, 0.1) is 43.5 Å². The lowest BCUT2D eigenvalue weighted by Crippen LogP contribution is -2.54. The number of nitro groups is 1. The third-order valence-corrected chi connectivity index (χ3v) is 14.2. The molecule has 0 saturated heterocycles. The van der Waals surface area contributed by atoms with E-state index < -0.39 is 29.3 Å². The summed E-state index contributed by atoms with van der Waals surface area (Å²) in [4.78, 5) is 48.7. The van der Waals surface area contributed by atoms with Crippen LogP contribution in [0.3, 0.4) is 0 Å². The van der Waals surface area contributed by atoms with Crippen LogP contribution in [0.5, 0.6) is 0 Å². The number of anilines is 1. The summed E-state index contributed by atoms with van der Waals surface area (Å²) in [6, 6.07) is 1.33. The second-order valence-electron chi connectivity index (χ2n) is 17.1. The molecule has 4 saturated carbocycles. The Labute approximate surface area is 327 Å². The molecule has 6 rings (SSSR count).